The summed E-state index contributed by atoms with van der Waals surface area (Å²) in [5, 5.41) is 0.798. The number of nitrogens with zero attached hydrogens (tertiary/aromatic N) is 1. The molecule has 0 saturated heterocycles. The number of hydrogen-bond donors (Lipinski definition) is 1. The van der Waals surface area contributed by atoms with Gasteiger partial charge < -0.3 is 10.5 Å². The summed E-state index contributed by atoms with van der Waals surface area (Å²) >= 11 is 6.22. The van der Waals surface area contributed by atoms with E-state index in [9.17, 15) is 0 Å². The van der Waals surface area contributed by atoms with Crippen LogP contribution in [0.15, 0.2) is 18.2 Å². The molecular formula is C15H25ClN2O. The number of ether oxygens (including phenoxy) is 1. The third kappa shape index (κ3) is 4.18. The summed E-state index contributed by atoms with van der Waals surface area (Å²) in [6.07, 6.45) is 0. The largest absolute Gasteiger partial charge is 0.383 e. The highest BCUT2D eigenvalue weighted by Crippen LogP contribution is 2.26. The molecule has 108 valence electrons. The van der Waals surface area contributed by atoms with E-state index >= 15 is 0 Å². The first kappa shape index (κ1) is 16.4. The first-order chi connectivity index (χ1) is 9.04. The number of aryl methyl sites for hydroxylation is 1. The van der Waals surface area contributed by atoms with E-state index in [1.165, 1.54) is 5.56 Å². The first-order valence-corrected chi connectivity index (χ1v) is 7.13. The highest BCUT2D eigenvalue weighted by molar-refractivity contribution is 6.31. The molecule has 0 aliphatic carbocycles. The molecule has 0 radical (unpaired) electrons. The fourth-order valence-corrected chi connectivity index (χ4v) is 2.64. The minimum absolute atomic E-state index is 0.174. The second kappa shape index (κ2) is 7.85. The molecule has 0 aliphatic heterocycles. The van der Waals surface area contributed by atoms with Gasteiger partial charge in [-0.05, 0) is 37.6 Å². The molecule has 0 spiro atoms. The van der Waals surface area contributed by atoms with Gasteiger partial charge in [0.2, 0.25) is 0 Å². The van der Waals surface area contributed by atoms with Gasteiger partial charge in [-0.1, -0.05) is 30.7 Å². The van der Waals surface area contributed by atoms with Gasteiger partial charge in [-0.2, -0.15) is 0 Å². The van der Waals surface area contributed by atoms with Gasteiger partial charge in [0.25, 0.3) is 0 Å². The zero-order chi connectivity index (χ0) is 14.4. The second-order valence-corrected chi connectivity index (χ2v) is 5.30. The smallest absolute Gasteiger partial charge is 0.0615 e. The summed E-state index contributed by atoms with van der Waals surface area (Å²) in [5.41, 5.74) is 8.24. The van der Waals surface area contributed by atoms with Crippen molar-refractivity contribution in [2.24, 2.45) is 5.73 Å². The third-order valence-corrected chi connectivity index (χ3v) is 3.95. The Morgan fingerprint density at radius 3 is 2.58 bits per heavy atom. The van der Waals surface area contributed by atoms with E-state index in [1.807, 2.05) is 13.0 Å². The molecular weight excluding hydrogens is 260 g/mol. The lowest BCUT2D eigenvalue weighted by Crippen LogP contribution is -2.42. The van der Waals surface area contributed by atoms with Crippen LogP contribution >= 0.6 is 11.6 Å². The molecule has 19 heavy (non-hydrogen) atoms. The highest BCUT2D eigenvalue weighted by Gasteiger charge is 2.22. The van der Waals surface area contributed by atoms with E-state index in [2.05, 4.69) is 30.9 Å². The predicted molar refractivity (Wildman–Crippen MR) is 81.7 cm³/mol. The van der Waals surface area contributed by atoms with Crippen molar-refractivity contribution in [3.05, 3.63) is 34.3 Å². The van der Waals surface area contributed by atoms with Crippen LogP contribution in [-0.4, -0.2) is 37.7 Å². The molecule has 0 aliphatic rings. The van der Waals surface area contributed by atoms with Gasteiger partial charge in [0.15, 0.2) is 0 Å². The van der Waals surface area contributed by atoms with E-state index in [0.717, 1.165) is 17.1 Å². The van der Waals surface area contributed by atoms with Crippen LogP contribution in [0, 0.1) is 6.92 Å². The maximum atomic E-state index is 6.22. The van der Waals surface area contributed by atoms with Gasteiger partial charge in [0, 0.05) is 30.8 Å². The van der Waals surface area contributed by atoms with Gasteiger partial charge in [-0.25, -0.2) is 0 Å². The minimum atomic E-state index is 0.174. The Bertz CT molecular complexity index is 398. The maximum absolute atomic E-state index is 6.22. The normalized spacial score (nSPS) is 14.7. The number of hydrogen-bond acceptors (Lipinski definition) is 3. The van der Waals surface area contributed by atoms with Crippen LogP contribution < -0.4 is 5.73 Å². The van der Waals surface area contributed by atoms with Crippen LogP contribution in [0.4, 0.5) is 0 Å². The number of likely N-dealkylation sites (N-methyl/N-ethyl adjacent to an activating group) is 1. The van der Waals surface area contributed by atoms with Crippen LogP contribution in [0.3, 0.4) is 0 Å². The standard InChI is InChI=1S/C15H25ClN2O/c1-5-18(12(3)10-19-4)15(9-17)13-7-6-11(2)14(16)8-13/h6-8,12,15H,5,9-10,17H2,1-4H3. The van der Waals surface area contributed by atoms with Crippen LogP contribution in [0.5, 0.6) is 0 Å². The maximum Gasteiger partial charge on any atom is 0.0615 e. The fraction of sp³-hybridized carbons (Fsp3) is 0.600. The molecule has 4 heteroatoms. The lowest BCUT2D eigenvalue weighted by atomic mass is 10.0. The second-order valence-electron chi connectivity index (χ2n) is 4.89. The molecule has 0 heterocycles. The summed E-state index contributed by atoms with van der Waals surface area (Å²) in [7, 11) is 1.73. The van der Waals surface area contributed by atoms with E-state index in [1.54, 1.807) is 7.11 Å². The monoisotopic (exact) mass is 284 g/mol. The molecule has 0 amide bonds. The average molecular weight is 285 g/mol. The molecule has 2 atom stereocenters. The van der Waals surface area contributed by atoms with Gasteiger partial charge in [0.1, 0.15) is 0 Å². The molecule has 2 unspecified atom stereocenters. The Balaban J connectivity index is 2.99. The average Bonchev–Trinajstić information content (AvgIpc) is 2.39. The van der Waals surface area contributed by atoms with Crippen LogP contribution in [0.2, 0.25) is 5.02 Å². The summed E-state index contributed by atoms with van der Waals surface area (Å²) in [6.45, 7) is 8.51. The van der Waals surface area contributed by atoms with Crippen molar-refractivity contribution in [1.82, 2.24) is 4.90 Å². The van der Waals surface area contributed by atoms with Gasteiger partial charge in [-0.15, -0.1) is 0 Å². The molecule has 3 nitrogen and oxygen atoms in total. The van der Waals surface area contributed by atoms with E-state index in [-0.39, 0.29) is 6.04 Å². The quantitative estimate of drug-likeness (QED) is 0.836. The topological polar surface area (TPSA) is 38.5 Å². The number of halogens is 1. The number of methoxy groups -OCH3 is 1. The van der Waals surface area contributed by atoms with Crippen molar-refractivity contribution in [3.63, 3.8) is 0 Å². The molecule has 1 aromatic carbocycles. The predicted octanol–water partition coefficient (Wildman–Crippen LogP) is 3.01. The lowest BCUT2D eigenvalue weighted by molar-refractivity contribution is 0.0751. The van der Waals surface area contributed by atoms with Crippen molar-refractivity contribution >= 4 is 11.6 Å². The summed E-state index contributed by atoms with van der Waals surface area (Å²) < 4.78 is 5.25. The SMILES string of the molecule is CCN(C(C)COC)C(CN)c1ccc(C)c(Cl)c1. The zero-order valence-corrected chi connectivity index (χ0v) is 13.1. The number of rotatable bonds is 7. The minimum Gasteiger partial charge on any atom is -0.383 e. The van der Waals surface area contributed by atoms with Crippen LogP contribution in [0.25, 0.3) is 0 Å². The van der Waals surface area contributed by atoms with E-state index in [4.69, 9.17) is 22.1 Å². The number of benzene rings is 1. The zero-order valence-electron chi connectivity index (χ0n) is 12.3. The molecule has 2 N–H and O–H groups in total. The lowest BCUT2D eigenvalue weighted by Gasteiger charge is -2.35. The molecule has 0 fully saturated rings. The van der Waals surface area contributed by atoms with Gasteiger partial charge in [0.05, 0.1) is 6.61 Å². The van der Waals surface area contributed by atoms with E-state index < -0.39 is 0 Å². The Hall–Kier alpha value is -0.610. The van der Waals surface area contributed by atoms with Gasteiger partial charge in [-0.3, -0.25) is 4.90 Å². The molecule has 0 bridgehead atoms. The van der Waals surface area contributed by atoms with E-state index in [0.29, 0.717) is 19.2 Å². The fourth-order valence-electron chi connectivity index (χ4n) is 2.46. The Morgan fingerprint density at radius 2 is 2.11 bits per heavy atom. The Kier molecular flexibility index (Phi) is 6.80. The van der Waals surface area contributed by atoms with Crippen LogP contribution in [-0.2, 0) is 4.74 Å². The summed E-state index contributed by atoms with van der Waals surface area (Å²) in [5.74, 6) is 0. The van der Waals surface area contributed by atoms with Crippen molar-refractivity contribution in [1.29, 1.82) is 0 Å². The third-order valence-electron chi connectivity index (χ3n) is 3.54. The van der Waals surface area contributed by atoms with Gasteiger partial charge >= 0.3 is 0 Å². The van der Waals surface area contributed by atoms with Crippen molar-refractivity contribution < 1.29 is 4.74 Å². The van der Waals surface area contributed by atoms with Crippen molar-refractivity contribution in [2.45, 2.75) is 32.9 Å². The molecule has 0 saturated carbocycles. The number of nitrogens with two attached hydrogens (primary N) is 1. The Labute approximate surface area is 121 Å². The summed E-state index contributed by atoms with van der Waals surface area (Å²) in [4.78, 5) is 2.35. The Morgan fingerprint density at radius 1 is 1.42 bits per heavy atom. The highest BCUT2D eigenvalue weighted by atomic mass is 35.5. The molecule has 0 aromatic heterocycles. The summed E-state index contributed by atoms with van der Waals surface area (Å²) in [6, 6.07) is 6.68. The molecule has 1 rings (SSSR count). The first-order valence-electron chi connectivity index (χ1n) is 6.75. The van der Waals surface area contributed by atoms with Crippen molar-refractivity contribution in [3.8, 4) is 0 Å². The molecule has 1 aromatic rings. The van der Waals surface area contributed by atoms with Crippen LogP contribution in [0.1, 0.15) is 31.0 Å². The van der Waals surface area contributed by atoms with Crippen molar-refractivity contribution in [2.75, 3.05) is 26.8 Å².